The van der Waals surface area contributed by atoms with Gasteiger partial charge in [0.25, 0.3) is 0 Å². The van der Waals surface area contributed by atoms with Crippen LogP contribution in [0.15, 0.2) is 54.6 Å². The molecule has 1 aliphatic carbocycles. The number of quaternary nitrogens is 1. The van der Waals surface area contributed by atoms with Crippen LogP contribution in [0.1, 0.15) is 28.7 Å². The lowest BCUT2D eigenvalue weighted by molar-refractivity contribution is -0.839. The number of hydroxylamine groups is 3. The minimum Gasteiger partial charge on any atom is -0.633 e. The third-order valence-electron chi connectivity index (χ3n) is 4.29. The van der Waals surface area contributed by atoms with E-state index in [9.17, 15) is 5.21 Å². The molecule has 0 saturated heterocycles. The lowest BCUT2D eigenvalue weighted by Gasteiger charge is -2.33. The molecular formula is C20H23NO. The predicted octanol–water partition coefficient (Wildman–Crippen LogP) is 4.18. The van der Waals surface area contributed by atoms with Gasteiger partial charge in [-0.25, -0.2) is 0 Å². The highest BCUT2D eigenvalue weighted by atomic mass is 16.6. The van der Waals surface area contributed by atoms with Gasteiger partial charge in [-0.05, 0) is 40.7 Å². The molecule has 0 saturated carbocycles. The van der Waals surface area contributed by atoms with Crippen molar-refractivity contribution in [3.8, 4) is 0 Å². The molecule has 0 aliphatic heterocycles. The molecule has 0 heterocycles. The molecule has 2 aromatic carbocycles. The van der Waals surface area contributed by atoms with Gasteiger partial charge in [-0.15, -0.1) is 0 Å². The normalized spacial score (nSPS) is 14.0. The van der Waals surface area contributed by atoms with Crippen LogP contribution in [0.25, 0.3) is 5.57 Å². The Hall–Kier alpha value is -1.90. The van der Waals surface area contributed by atoms with Gasteiger partial charge >= 0.3 is 0 Å². The summed E-state index contributed by atoms with van der Waals surface area (Å²) >= 11 is 0. The molecule has 0 aromatic heterocycles. The molecule has 0 atom stereocenters. The van der Waals surface area contributed by atoms with Crippen molar-refractivity contribution in [2.45, 2.75) is 19.3 Å². The SMILES string of the molecule is [13CH3][N+]([13CH3])([O-])[13CH2]CC=C1c2ccccc2CCc2ccccc21. The summed E-state index contributed by atoms with van der Waals surface area (Å²) in [6, 6.07) is 17.3. The second kappa shape index (κ2) is 6.07. The van der Waals surface area contributed by atoms with Gasteiger partial charge in [-0.1, -0.05) is 54.6 Å². The first-order valence-corrected chi connectivity index (χ1v) is 7.95. The Kier molecular flexibility index (Phi) is 4.14. The third kappa shape index (κ3) is 3.29. The Bertz CT molecular complexity index is 645. The van der Waals surface area contributed by atoms with E-state index in [-0.39, 0.29) is 4.65 Å². The topological polar surface area (TPSA) is 23.1 Å². The summed E-state index contributed by atoms with van der Waals surface area (Å²) in [7, 11) is 3.40. The van der Waals surface area contributed by atoms with E-state index in [1.807, 2.05) is 0 Å². The van der Waals surface area contributed by atoms with Crippen LogP contribution >= 0.6 is 0 Å². The standard InChI is InChI=1S/C20H23NO/c1-21(2,22)15-7-12-20-18-10-5-3-8-16(18)13-14-17-9-4-6-11-19(17)20/h3-6,8-12H,7,13-15H2,1-2H3/i1+1,2+1,15+1. The van der Waals surface area contributed by atoms with Crippen LogP contribution in [0.3, 0.4) is 0 Å². The van der Waals surface area contributed by atoms with Crippen molar-refractivity contribution in [3.63, 3.8) is 0 Å². The summed E-state index contributed by atoms with van der Waals surface area (Å²) < 4.78 is -0.243. The summed E-state index contributed by atoms with van der Waals surface area (Å²) in [4.78, 5) is 0. The summed E-state index contributed by atoms with van der Waals surface area (Å²) in [6.45, 7) is 0.605. The van der Waals surface area contributed by atoms with Crippen LogP contribution < -0.4 is 0 Å². The van der Waals surface area contributed by atoms with Crippen molar-refractivity contribution in [2.75, 3.05) is 20.6 Å². The molecule has 2 aromatic rings. The number of fused-ring (bicyclic) bond motifs is 2. The number of benzene rings is 2. The Labute approximate surface area is 132 Å². The zero-order valence-corrected chi connectivity index (χ0v) is 13.4. The maximum atomic E-state index is 11.8. The van der Waals surface area contributed by atoms with Crippen LogP contribution in [-0.4, -0.2) is 25.3 Å². The average Bonchev–Trinajstić information content (AvgIpc) is 2.64. The van der Waals surface area contributed by atoms with Gasteiger partial charge in [0.1, 0.15) is 0 Å². The molecule has 0 unspecified atom stereocenters. The second-order valence-corrected chi connectivity index (χ2v) is 6.52. The first-order valence-electron chi connectivity index (χ1n) is 7.95. The van der Waals surface area contributed by atoms with E-state index in [1.165, 1.54) is 27.8 Å². The number of rotatable bonds is 3. The molecule has 1 aliphatic rings. The van der Waals surface area contributed by atoms with Crippen LogP contribution in [0, 0.1) is 5.21 Å². The van der Waals surface area contributed by atoms with Gasteiger partial charge in [0.05, 0.1) is 20.6 Å². The predicted molar refractivity (Wildman–Crippen MR) is 92.3 cm³/mol. The quantitative estimate of drug-likeness (QED) is 0.473. The van der Waals surface area contributed by atoms with Gasteiger partial charge in [0, 0.05) is 6.42 Å². The van der Waals surface area contributed by atoms with Crippen molar-refractivity contribution in [3.05, 3.63) is 82.1 Å². The fourth-order valence-electron chi connectivity index (χ4n) is 3.16. The van der Waals surface area contributed by atoms with E-state index in [1.54, 1.807) is 14.1 Å². The van der Waals surface area contributed by atoms with E-state index in [4.69, 9.17) is 0 Å². The molecule has 3 rings (SSSR count). The molecule has 0 N–H and O–H groups in total. The van der Waals surface area contributed by atoms with Crippen LogP contribution in [-0.2, 0) is 12.8 Å². The second-order valence-electron chi connectivity index (χ2n) is 6.52. The van der Waals surface area contributed by atoms with Crippen LogP contribution in [0.5, 0.6) is 0 Å². The van der Waals surface area contributed by atoms with E-state index in [0.29, 0.717) is 6.54 Å². The fourth-order valence-corrected chi connectivity index (χ4v) is 3.16. The van der Waals surface area contributed by atoms with Gasteiger partial charge in [-0.2, -0.15) is 0 Å². The molecule has 0 radical (unpaired) electrons. The van der Waals surface area contributed by atoms with Crippen LogP contribution in [0.2, 0.25) is 0 Å². The molecule has 0 fully saturated rings. The van der Waals surface area contributed by atoms with Crippen molar-refractivity contribution in [1.29, 1.82) is 0 Å². The number of nitrogens with zero attached hydrogens (tertiary/aromatic N) is 1. The molecule has 114 valence electrons. The zero-order valence-electron chi connectivity index (χ0n) is 13.4. The van der Waals surface area contributed by atoms with Gasteiger partial charge in [0.2, 0.25) is 0 Å². The Balaban J connectivity index is 2.04. The highest BCUT2D eigenvalue weighted by Crippen LogP contribution is 2.33. The van der Waals surface area contributed by atoms with Crippen molar-refractivity contribution >= 4 is 5.57 Å². The van der Waals surface area contributed by atoms with Gasteiger partial charge < -0.3 is 9.85 Å². The van der Waals surface area contributed by atoms with E-state index in [2.05, 4.69) is 54.6 Å². The highest BCUT2D eigenvalue weighted by Gasteiger charge is 2.17. The Morgan fingerprint density at radius 2 is 1.41 bits per heavy atom. The molecule has 0 bridgehead atoms. The third-order valence-corrected chi connectivity index (χ3v) is 4.29. The molecule has 22 heavy (non-hydrogen) atoms. The van der Waals surface area contributed by atoms with Crippen LogP contribution in [0.4, 0.5) is 0 Å². The molecule has 2 heteroatoms. The van der Waals surface area contributed by atoms with Gasteiger partial charge in [-0.3, -0.25) is 0 Å². The molecule has 0 amide bonds. The summed E-state index contributed by atoms with van der Waals surface area (Å²) in [5, 5.41) is 11.8. The van der Waals surface area contributed by atoms with Crippen molar-refractivity contribution < 1.29 is 4.65 Å². The highest BCUT2D eigenvalue weighted by molar-refractivity contribution is 5.83. The van der Waals surface area contributed by atoms with E-state index < -0.39 is 0 Å². The Morgan fingerprint density at radius 1 is 0.909 bits per heavy atom. The number of aryl methyl sites for hydroxylation is 2. The molecular weight excluding hydrogens is 273 g/mol. The summed E-state index contributed by atoms with van der Waals surface area (Å²) in [6.07, 6.45) is 5.21. The van der Waals surface area contributed by atoms with Crippen molar-refractivity contribution in [1.82, 2.24) is 0 Å². The van der Waals surface area contributed by atoms with E-state index >= 15 is 0 Å². The fraction of sp³-hybridized carbons (Fsp3) is 0.300. The maximum absolute atomic E-state index is 11.8. The number of hydrogen-bond acceptors (Lipinski definition) is 1. The minimum atomic E-state index is -0.243. The minimum absolute atomic E-state index is 0.243. The van der Waals surface area contributed by atoms with Gasteiger partial charge in [0.15, 0.2) is 0 Å². The Morgan fingerprint density at radius 3 is 1.91 bits per heavy atom. The average molecular weight is 296 g/mol. The van der Waals surface area contributed by atoms with E-state index in [0.717, 1.165) is 19.3 Å². The van der Waals surface area contributed by atoms with Crippen molar-refractivity contribution in [2.24, 2.45) is 0 Å². The summed E-state index contributed by atoms with van der Waals surface area (Å²) in [5.74, 6) is 0. The largest absolute Gasteiger partial charge is 0.633 e. The maximum Gasteiger partial charge on any atom is 0.0815 e. The number of hydrogen-bond donors (Lipinski definition) is 0. The lowest BCUT2D eigenvalue weighted by Crippen LogP contribution is -2.32. The molecule has 0 spiro atoms. The lowest BCUT2D eigenvalue weighted by atomic mass is 9.93. The zero-order chi connectivity index (χ0) is 15.6. The molecule has 2 nitrogen and oxygen atoms in total. The summed E-state index contributed by atoms with van der Waals surface area (Å²) in [5.41, 5.74) is 6.74. The monoisotopic (exact) mass is 296 g/mol. The first kappa shape index (κ1) is 15.0. The smallest absolute Gasteiger partial charge is 0.0815 e. The first-order chi connectivity index (χ1) is 10.5.